The summed E-state index contributed by atoms with van der Waals surface area (Å²) in [5.74, 6) is -0.0603. The van der Waals surface area contributed by atoms with Gasteiger partial charge < -0.3 is 9.47 Å². The Morgan fingerprint density at radius 2 is 1.83 bits per heavy atom. The van der Waals surface area contributed by atoms with Gasteiger partial charge in [0.15, 0.2) is 0 Å². The van der Waals surface area contributed by atoms with E-state index in [1.165, 1.54) is 0 Å². The molecule has 1 aromatic heterocycles. The fourth-order valence-corrected chi connectivity index (χ4v) is 2.23. The second-order valence-electron chi connectivity index (χ2n) is 5.13. The standard InChI is InChI=1S/C19H17N3O/c1-21(17-5-3-2-4-6-17)19(23)12-9-16-7-10-18(11-8-16)22-14-13-20-15-22/h2-15H,1H3. The molecule has 0 aliphatic carbocycles. The zero-order valence-electron chi connectivity index (χ0n) is 12.8. The minimum Gasteiger partial charge on any atom is -0.312 e. The number of hydrogen-bond acceptors (Lipinski definition) is 2. The number of amides is 1. The van der Waals surface area contributed by atoms with Gasteiger partial charge in [-0.25, -0.2) is 4.98 Å². The van der Waals surface area contributed by atoms with Crippen LogP contribution in [-0.4, -0.2) is 22.5 Å². The summed E-state index contributed by atoms with van der Waals surface area (Å²) in [7, 11) is 1.77. The summed E-state index contributed by atoms with van der Waals surface area (Å²) in [6, 6.07) is 17.5. The number of rotatable bonds is 4. The van der Waals surface area contributed by atoms with Crippen LogP contribution < -0.4 is 4.90 Å². The molecular formula is C19H17N3O. The molecule has 4 nitrogen and oxygen atoms in total. The van der Waals surface area contributed by atoms with Crippen molar-refractivity contribution in [3.8, 4) is 5.69 Å². The zero-order chi connectivity index (χ0) is 16.1. The SMILES string of the molecule is CN(C(=O)C=Cc1ccc(-n2ccnc2)cc1)c1ccccc1. The van der Waals surface area contributed by atoms with Crippen molar-refractivity contribution in [2.24, 2.45) is 0 Å². The van der Waals surface area contributed by atoms with Gasteiger partial charge >= 0.3 is 0 Å². The maximum absolute atomic E-state index is 12.2. The average Bonchev–Trinajstić information content (AvgIpc) is 3.15. The lowest BCUT2D eigenvalue weighted by atomic mass is 10.2. The monoisotopic (exact) mass is 303 g/mol. The maximum atomic E-state index is 12.2. The van der Waals surface area contributed by atoms with E-state index in [2.05, 4.69) is 4.98 Å². The Bertz CT molecular complexity index is 790. The zero-order valence-corrected chi connectivity index (χ0v) is 12.8. The van der Waals surface area contributed by atoms with E-state index >= 15 is 0 Å². The number of carbonyl (C=O) groups is 1. The number of nitrogens with zero attached hydrogens (tertiary/aromatic N) is 3. The minimum atomic E-state index is -0.0603. The number of carbonyl (C=O) groups excluding carboxylic acids is 1. The lowest BCUT2D eigenvalue weighted by Crippen LogP contribution is -2.23. The topological polar surface area (TPSA) is 38.1 Å². The number of aromatic nitrogens is 2. The number of likely N-dealkylation sites (N-methyl/N-ethyl adjacent to an activating group) is 1. The Labute approximate surface area is 135 Å². The van der Waals surface area contributed by atoms with Crippen molar-refractivity contribution >= 4 is 17.7 Å². The molecule has 114 valence electrons. The van der Waals surface area contributed by atoms with Crippen LogP contribution in [-0.2, 0) is 4.79 Å². The van der Waals surface area contributed by atoms with Crippen LogP contribution in [0.1, 0.15) is 5.56 Å². The van der Waals surface area contributed by atoms with Gasteiger partial charge in [0.05, 0.1) is 6.33 Å². The lowest BCUT2D eigenvalue weighted by molar-refractivity contribution is -0.113. The third kappa shape index (κ3) is 3.55. The largest absolute Gasteiger partial charge is 0.312 e. The molecule has 0 unspecified atom stereocenters. The first-order valence-electron chi connectivity index (χ1n) is 7.33. The summed E-state index contributed by atoms with van der Waals surface area (Å²) < 4.78 is 1.93. The molecule has 0 fully saturated rings. The molecule has 0 saturated heterocycles. The van der Waals surface area contributed by atoms with Gasteiger partial charge in [0.25, 0.3) is 5.91 Å². The first-order chi connectivity index (χ1) is 11.2. The highest BCUT2D eigenvalue weighted by molar-refractivity contribution is 6.03. The Kier molecular flexibility index (Phi) is 4.34. The molecule has 3 rings (SSSR count). The van der Waals surface area contributed by atoms with Crippen molar-refractivity contribution in [2.45, 2.75) is 0 Å². The van der Waals surface area contributed by atoms with Gasteiger partial charge in [-0.15, -0.1) is 0 Å². The molecule has 0 atom stereocenters. The molecule has 3 aromatic rings. The second-order valence-corrected chi connectivity index (χ2v) is 5.13. The van der Waals surface area contributed by atoms with Gasteiger partial charge in [0.2, 0.25) is 0 Å². The number of hydrogen-bond donors (Lipinski definition) is 0. The van der Waals surface area contributed by atoms with Crippen LogP contribution in [0.25, 0.3) is 11.8 Å². The van der Waals surface area contributed by atoms with E-state index in [4.69, 9.17) is 0 Å². The summed E-state index contributed by atoms with van der Waals surface area (Å²) in [4.78, 5) is 17.8. The molecule has 0 bridgehead atoms. The lowest BCUT2D eigenvalue weighted by Gasteiger charge is -2.14. The van der Waals surface area contributed by atoms with E-state index in [-0.39, 0.29) is 5.91 Å². The Balaban J connectivity index is 1.69. The summed E-state index contributed by atoms with van der Waals surface area (Å²) in [6.07, 6.45) is 8.79. The van der Waals surface area contributed by atoms with Crippen molar-refractivity contribution in [1.29, 1.82) is 0 Å². The molecule has 4 heteroatoms. The smallest absolute Gasteiger partial charge is 0.250 e. The van der Waals surface area contributed by atoms with Crippen LogP contribution in [0.3, 0.4) is 0 Å². The molecular weight excluding hydrogens is 286 g/mol. The summed E-state index contributed by atoms with van der Waals surface area (Å²) >= 11 is 0. The third-order valence-electron chi connectivity index (χ3n) is 3.59. The van der Waals surface area contributed by atoms with Crippen molar-refractivity contribution < 1.29 is 4.79 Å². The summed E-state index contributed by atoms with van der Waals surface area (Å²) in [5.41, 5.74) is 2.88. The summed E-state index contributed by atoms with van der Waals surface area (Å²) in [5, 5.41) is 0. The molecule has 0 saturated carbocycles. The first-order valence-corrected chi connectivity index (χ1v) is 7.33. The van der Waals surface area contributed by atoms with Gasteiger partial charge in [0, 0.05) is 36.9 Å². The fourth-order valence-electron chi connectivity index (χ4n) is 2.23. The molecule has 1 amide bonds. The quantitative estimate of drug-likeness (QED) is 0.691. The minimum absolute atomic E-state index is 0.0603. The molecule has 2 aromatic carbocycles. The van der Waals surface area contributed by atoms with Crippen LogP contribution in [0, 0.1) is 0 Å². The van der Waals surface area contributed by atoms with Crippen molar-refractivity contribution in [3.05, 3.63) is 85.0 Å². The van der Waals surface area contributed by atoms with Crippen molar-refractivity contribution in [2.75, 3.05) is 11.9 Å². The van der Waals surface area contributed by atoms with E-state index in [1.54, 1.807) is 30.5 Å². The van der Waals surface area contributed by atoms with Crippen LogP contribution in [0.15, 0.2) is 79.4 Å². The van der Waals surface area contributed by atoms with Crippen LogP contribution in [0.2, 0.25) is 0 Å². The van der Waals surface area contributed by atoms with Gasteiger partial charge in [-0.3, -0.25) is 4.79 Å². The van der Waals surface area contributed by atoms with Gasteiger partial charge in [-0.05, 0) is 35.9 Å². The predicted octanol–water partition coefficient (Wildman–Crippen LogP) is 3.55. The number of anilines is 1. The number of para-hydroxylation sites is 1. The van der Waals surface area contributed by atoms with Gasteiger partial charge in [-0.1, -0.05) is 30.3 Å². The van der Waals surface area contributed by atoms with Crippen LogP contribution in [0.5, 0.6) is 0 Å². The van der Waals surface area contributed by atoms with Crippen LogP contribution >= 0.6 is 0 Å². The van der Waals surface area contributed by atoms with E-state index in [1.807, 2.05) is 71.4 Å². The Morgan fingerprint density at radius 3 is 2.48 bits per heavy atom. The van der Waals surface area contributed by atoms with Crippen molar-refractivity contribution in [1.82, 2.24) is 9.55 Å². The maximum Gasteiger partial charge on any atom is 0.250 e. The first kappa shape index (κ1) is 14.8. The normalized spacial score (nSPS) is 10.8. The summed E-state index contributed by atoms with van der Waals surface area (Å²) in [6.45, 7) is 0. The predicted molar refractivity (Wildman–Crippen MR) is 92.5 cm³/mol. The van der Waals surface area contributed by atoms with Crippen LogP contribution in [0.4, 0.5) is 5.69 Å². The average molecular weight is 303 g/mol. The number of benzene rings is 2. The molecule has 0 aliphatic heterocycles. The van der Waals surface area contributed by atoms with Gasteiger partial charge in [-0.2, -0.15) is 0 Å². The highest BCUT2D eigenvalue weighted by Crippen LogP contribution is 2.13. The molecule has 0 aliphatic rings. The molecule has 0 N–H and O–H groups in total. The fraction of sp³-hybridized carbons (Fsp3) is 0.0526. The molecule has 23 heavy (non-hydrogen) atoms. The molecule has 0 spiro atoms. The third-order valence-corrected chi connectivity index (χ3v) is 3.59. The Hall–Kier alpha value is -3.14. The molecule has 1 heterocycles. The number of imidazole rings is 1. The van der Waals surface area contributed by atoms with E-state index in [9.17, 15) is 4.79 Å². The van der Waals surface area contributed by atoms with Gasteiger partial charge in [0.1, 0.15) is 0 Å². The Morgan fingerprint density at radius 1 is 1.09 bits per heavy atom. The highest BCUT2D eigenvalue weighted by Gasteiger charge is 2.06. The molecule has 0 radical (unpaired) electrons. The van der Waals surface area contributed by atoms with E-state index in [0.717, 1.165) is 16.9 Å². The van der Waals surface area contributed by atoms with E-state index in [0.29, 0.717) is 0 Å². The second kappa shape index (κ2) is 6.75. The van der Waals surface area contributed by atoms with E-state index < -0.39 is 0 Å². The van der Waals surface area contributed by atoms with Crippen molar-refractivity contribution in [3.63, 3.8) is 0 Å². The highest BCUT2D eigenvalue weighted by atomic mass is 16.2.